The summed E-state index contributed by atoms with van der Waals surface area (Å²) in [5, 5.41) is 12.2. The maximum atomic E-state index is 12.6. The number of fused-ring (bicyclic) bond motifs is 1. The van der Waals surface area contributed by atoms with Gasteiger partial charge < -0.3 is 14.8 Å². The molecule has 8 nitrogen and oxygen atoms in total. The molecule has 0 fully saturated rings. The van der Waals surface area contributed by atoms with E-state index in [1.54, 1.807) is 30.3 Å². The summed E-state index contributed by atoms with van der Waals surface area (Å²) in [6, 6.07) is 16.7. The van der Waals surface area contributed by atoms with E-state index >= 15 is 0 Å². The minimum absolute atomic E-state index is 0.0451. The van der Waals surface area contributed by atoms with Crippen LogP contribution in [-0.2, 0) is 10.0 Å². The maximum absolute atomic E-state index is 12.6. The van der Waals surface area contributed by atoms with Crippen LogP contribution in [0, 0.1) is 11.3 Å². The van der Waals surface area contributed by atoms with Crippen LogP contribution in [0.3, 0.4) is 0 Å². The van der Waals surface area contributed by atoms with Gasteiger partial charge in [0.15, 0.2) is 11.5 Å². The molecule has 0 aliphatic carbocycles. The number of nitrogens with zero attached hydrogens (tertiary/aromatic N) is 2. The molecule has 1 aromatic heterocycles. The van der Waals surface area contributed by atoms with Crippen LogP contribution >= 0.6 is 0 Å². The summed E-state index contributed by atoms with van der Waals surface area (Å²) in [5.74, 6) is 1.05. The van der Waals surface area contributed by atoms with Crippen molar-refractivity contribution < 1.29 is 17.9 Å². The molecule has 0 bridgehead atoms. The third-order valence-corrected chi connectivity index (χ3v) is 5.34. The third-order valence-electron chi connectivity index (χ3n) is 3.98. The summed E-state index contributed by atoms with van der Waals surface area (Å²) >= 11 is 0. The van der Waals surface area contributed by atoms with E-state index in [1.165, 1.54) is 24.4 Å². The zero-order chi connectivity index (χ0) is 19.6. The standard InChI is InChI=1S/C19H14N4O4S/c20-10-13-3-1-2-4-16(13)22-14-5-8-19(21-11-14)23-28(24,25)15-6-7-17-18(9-15)27-12-26-17/h1-9,11,22H,12H2,(H,21,23). The SMILES string of the molecule is N#Cc1ccccc1Nc1ccc(NS(=O)(=O)c2ccc3c(c2)OCO3)nc1. The summed E-state index contributed by atoms with van der Waals surface area (Å²) in [6.45, 7) is 0.0667. The molecule has 2 N–H and O–H groups in total. The summed E-state index contributed by atoms with van der Waals surface area (Å²) in [7, 11) is -3.83. The van der Waals surface area contributed by atoms with E-state index < -0.39 is 10.0 Å². The van der Waals surface area contributed by atoms with Crippen molar-refractivity contribution in [2.24, 2.45) is 0 Å². The first kappa shape index (κ1) is 17.6. The van der Waals surface area contributed by atoms with Crippen molar-refractivity contribution in [2.75, 3.05) is 16.8 Å². The largest absolute Gasteiger partial charge is 0.454 e. The molecule has 0 radical (unpaired) electrons. The topological polar surface area (TPSA) is 113 Å². The van der Waals surface area contributed by atoms with Crippen LogP contribution in [0.15, 0.2) is 65.7 Å². The monoisotopic (exact) mass is 394 g/mol. The molecule has 3 aromatic rings. The lowest BCUT2D eigenvalue weighted by Crippen LogP contribution is -2.13. The smallest absolute Gasteiger partial charge is 0.263 e. The molecule has 0 unspecified atom stereocenters. The molecular formula is C19H14N4O4S. The van der Waals surface area contributed by atoms with E-state index in [2.05, 4.69) is 21.1 Å². The van der Waals surface area contributed by atoms with Crippen LogP contribution in [0.2, 0.25) is 0 Å². The number of rotatable bonds is 5. The first-order valence-electron chi connectivity index (χ1n) is 8.20. The fourth-order valence-corrected chi connectivity index (χ4v) is 3.64. The number of aromatic nitrogens is 1. The first-order chi connectivity index (χ1) is 13.5. The van der Waals surface area contributed by atoms with Gasteiger partial charge in [-0.3, -0.25) is 4.72 Å². The molecule has 0 saturated heterocycles. The number of pyridine rings is 1. The van der Waals surface area contributed by atoms with E-state index in [-0.39, 0.29) is 17.5 Å². The molecule has 0 atom stereocenters. The van der Waals surface area contributed by atoms with Gasteiger partial charge in [0.05, 0.1) is 28.0 Å². The highest BCUT2D eigenvalue weighted by atomic mass is 32.2. The highest BCUT2D eigenvalue weighted by Gasteiger charge is 2.20. The Balaban J connectivity index is 1.50. The van der Waals surface area contributed by atoms with Crippen LogP contribution in [-0.4, -0.2) is 20.2 Å². The summed E-state index contributed by atoms with van der Waals surface area (Å²) in [4.78, 5) is 4.17. The lowest BCUT2D eigenvalue weighted by molar-refractivity contribution is 0.174. The molecule has 28 heavy (non-hydrogen) atoms. The Morgan fingerprint density at radius 1 is 1.04 bits per heavy atom. The van der Waals surface area contributed by atoms with E-state index in [0.717, 1.165) is 0 Å². The summed E-state index contributed by atoms with van der Waals surface area (Å²) in [5.41, 5.74) is 1.75. The van der Waals surface area contributed by atoms with Gasteiger partial charge in [0.2, 0.25) is 6.79 Å². The van der Waals surface area contributed by atoms with Crippen molar-refractivity contribution >= 4 is 27.2 Å². The lowest BCUT2D eigenvalue weighted by Gasteiger charge is -2.10. The molecule has 140 valence electrons. The second-order valence-electron chi connectivity index (χ2n) is 5.84. The van der Waals surface area contributed by atoms with Crippen LogP contribution in [0.5, 0.6) is 11.5 Å². The second-order valence-corrected chi connectivity index (χ2v) is 7.52. The van der Waals surface area contributed by atoms with Gasteiger partial charge >= 0.3 is 0 Å². The van der Waals surface area contributed by atoms with Gasteiger partial charge in [0, 0.05) is 6.07 Å². The molecule has 1 aliphatic rings. The Hall–Kier alpha value is -3.77. The highest BCUT2D eigenvalue weighted by Crippen LogP contribution is 2.34. The Morgan fingerprint density at radius 3 is 2.64 bits per heavy atom. The van der Waals surface area contributed by atoms with Crippen LogP contribution in [0.1, 0.15) is 5.56 Å². The Bertz CT molecular complexity index is 1170. The Labute approximate surface area is 161 Å². The lowest BCUT2D eigenvalue weighted by atomic mass is 10.2. The molecule has 1 aliphatic heterocycles. The predicted octanol–water partition coefficient (Wildman–Crippen LogP) is 3.23. The molecule has 9 heteroatoms. The highest BCUT2D eigenvalue weighted by molar-refractivity contribution is 7.92. The Morgan fingerprint density at radius 2 is 1.86 bits per heavy atom. The Kier molecular flexibility index (Phi) is 4.47. The number of hydrogen-bond acceptors (Lipinski definition) is 7. The minimum atomic E-state index is -3.83. The molecule has 0 spiro atoms. The van der Waals surface area contributed by atoms with Gasteiger partial charge in [-0.25, -0.2) is 13.4 Å². The molecular weight excluding hydrogens is 380 g/mol. The number of ether oxygens (including phenoxy) is 2. The van der Waals surface area contributed by atoms with Crippen molar-refractivity contribution in [3.05, 3.63) is 66.4 Å². The van der Waals surface area contributed by atoms with Gasteiger partial charge in [-0.1, -0.05) is 12.1 Å². The molecule has 2 heterocycles. The van der Waals surface area contributed by atoms with Gasteiger partial charge in [0.25, 0.3) is 10.0 Å². The minimum Gasteiger partial charge on any atom is -0.454 e. The summed E-state index contributed by atoms with van der Waals surface area (Å²) < 4.78 is 37.9. The molecule has 0 amide bonds. The molecule has 4 rings (SSSR count). The third kappa shape index (κ3) is 3.54. The average Bonchev–Trinajstić information content (AvgIpc) is 3.17. The van der Waals surface area contributed by atoms with Crippen LogP contribution in [0.4, 0.5) is 17.2 Å². The van der Waals surface area contributed by atoms with Gasteiger partial charge in [-0.15, -0.1) is 0 Å². The quantitative estimate of drug-likeness (QED) is 0.683. The first-order valence-corrected chi connectivity index (χ1v) is 9.68. The van der Waals surface area contributed by atoms with Crippen molar-refractivity contribution in [2.45, 2.75) is 4.90 Å². The number of sulfonamides is 1. The normalized spacial score (nSPS) is 12.2. The van der Waals surface area contributed by atoms with Crippen molar-refractivity contribution in [3.63, 3.8) is 0 Å². The molecule has 2 aromatic carbocycles. The number of hydrogen-bond donors (Lipinski definition) is 2. The van der Waals surface area contributed by atoms with Gasteiger partial charge in [-0.05, 0) is 36.4 Å². The predicted molar refractivity (Wildman–Crippen MR) is 102 cm³/mol. The zero-order valence-corrected chi connectivity index (χ0v) is 15.2. The number of anilines is 3. The summed E-state index contributed by atoms with van der Waals surface area (Å²) in [6.07, 6.45) is 1.48. The van der Waals surface area contributed by atoms with E-state index in [4.69, 9.17) is 14.7 Å². The maximum Gasteiger partial charge on any atom is 0.263 e. The second kappa shape index (κ2) is 7.09. The fraction of sp³-hybridized carbons (Fsp3) is 0.0526. The van der Waals surface area contributed by atoms with E-state index in [0.29, 0.717) is 28.4 Å². The number of nitrogens with one attached hydrogen (secondary N) is 2. The van der Waals surface area contributed by atoms with Crippen LogP contribution < -0.4 is 19.5 Å². The number of nitriles is 1. The number of para-hydroxylation sites is 1. The van der Waals surface area contributed by atoms with E-state index in [1.807, 2.05) is 6.07 Å². The van der Waals surface area contributed by atoms with E-state index in [9.17, 15) is 8.42 Å². The van der Waals surface area contributed by atoms with Crippen molar-refractivity contribution in [1.82, 2.24) is 4.98 Å². The van der Waals surface area contributed by atoms with Gasteiger partial charge in [0.1, 0.15) is 11.9 Å². The average molecular weight is 394 g/mol. The van der Waals surface area contributed by atoms with Gasteiger partial charge in [-0.2, -0.15) is 5.26 Å². The van der Waals surface area contributed by atoms with Crippen molar-refractivity contribution in [1.29, 1.82) is 5.26 Å². The molecule has 0 saturated carbocycles. The number of benzene rings is 2. The fourth-order valence-electron chi connectivity index (χ4n) is 2.61. The van der Waals surface area contributed by atoms with Crippen molar-refractivity contribution in [3.8, 4) is 17.6 Å². The zero-order valence-electron chi connectivity index (χ0n) is 14.4. The van der Waals surface area contributed by atoms with Crippen LogP contribution in [0.25, 0.3) is 0 Å².